The van der Waals surface area contributed by atoms with Crippen LogP contribution in [0, 0.1) is 0 Å². The molecule has 0 saturated heterocycles. The zero-order chi connectivity index (χ0) is 10.7. The fourth-order valence-corrected chi connectivity index (χ4v) is 1.54. The van der Waals surface area contributed by atoms with E-state index in [1.165, 1.54) is 12.8 Å². The smallest absolute Gasteiger partial charge is 0.179 e. The van der Waals surface area contributed by atoms with Gasteiger partial charge in [0.2, 0.25) is 0 Å². The lowest BCUT2D eigenvalue weighted by molar-refractivity contribution is 0.764. The van der Waals surface area contributed by atoms with Crippen LogP contribution >= 0.6 is 0 Å². The summed E-state index contributed by atoms with van der Waals surface area (Å²) >= 11 is 0. The predicted molar refractivity (Wildman–Crippen MR) is 62.0 cm³/mol. The SMILES string of the molecule is CCCCc1nc2nc(NC)ccc2[nH]1. The average molecular weight is 204 g/mol. The molecule has 0 fully saturated rings. The van der Waals surface area contributed by atoms with E-state index in [0.29, 0.717) is 0 Å². The Labute approximate surface area is 89.1 Å². The Kier molecular flexibility index (Phi) is 2.85. The van der Waals surface area contributed by atoms with Gasteiger partial charge in [0.1, 0.15) is 11.6 Å². The van der Waals surface area contributed by atoms with E-state index in [0.717, 1.165) is 29.2 Å². The molecule has 0 radical (unpaired) electrons. The first kappa shape index (κ1) is 9.96. The maximum atomic E-state index is 4.45. The molecule has 0 atom stereocenters. The molecule has 0 saturated carbocycles. The predicted octanol–water partition coefficient (Wildman–Crippen LogP) is 2.34. The van der Waals surface area contributed by atoms with Gasteiger partial charge in [-0.05, 0) is 18.6 Å². The second-order valence-electron chi connectivity index (χ2n) is 3.60. The molecule has 15 heavy (non-hydrogen) atoms. The highest BCUT2D eigenvalue weighted by Crippen LogP contribution is 2.13. The first-order chi connectivity index (χ1) is 7.33. The Morgan fingerprint density at radius 1 is 1.33 bits per heavy atom. The lowest BCUT2D eigenvalue weighted by Gasteiger charge is -1.95. The maximum absolute atomic E-state index is 4.45. The van der Waals surface area contributed by atoms with Gasteiger partial charge in [0.15, 0.2) is 5.65 Å². The summed E-state index contributed by atoms with van der Waals surface area (Å²) < 4.78 is 0. The fraction of sp³-hybridized carbons (Fsp3) is 0.455. The Balaban J connectivity index is 2.29. The van der Waals surface area contributed by atoms with E-state index in [-0.39, 0.29) is 0 Å². The van der Waals surface area contributed by atoms with Gasteiger partial charge in [-0.15, -0.1) is 0 Å². The van der Waals surface area contributed by atoms with Crippen molar-refractivity contribution in [2.45, 2.75) is 26.2 Å². The van der Waals surface area contributed by atoms with Crippen molar-refractivity contribution in [2.24, 2.45) is 0 Å². The highest BCUT2D eigenvalue weighted by Gasteiger charge is 2.03. The lowest BCUT2D eigenvalue weighted by Crippen LogP contribution is -1.91. The van der Waals surface area contributed by atoms with Crippen LogP contribution in [0.5, 0.6) is 0 Å². The summed E-state index contributed by atoms with van der Waals surface area (Å²) in [5.74, 6) is 1.89. The molecule has 4 nitrogen and oxygen atoms in total. The van der Waals surface area contributed by atoms with Crippen LogP contribution in [0.3, 0.4) is 0 Å². The molecule has 0 aliphatic carbocycles. The molecule has 0 amide bonds. The van der Waals surface area contributed by atoms with Crippen molar-refractivity contribution in [1.82, 2.24) is 15.0 Å². The van der Waals surface area contributed by atoms with Crippen LogP contribution < -0.4 is 5.32 Å². The summed E-state index contributed by atoms with van der Waals surface area (Å²) in [5, 5.41) is 3.01. The number of H-pyrrole nitrogens is 1. The Morgan fingerprint density at radius 3 is 2.93 bits per heavy atom. The summed E-state index contributed by atoms with van der Waals surface area (Å²) in [6, 6.07) is 3.96. The van der Waals surface area contributed by atoms with Crippen molar-refractivity contribution in [2.75, 3.05) is 12.4 Å². The van der Waals surface area contributed by atoms with Crippen molar-refractivity contribution in [3.05, 3.63) is 18.0 Å². The third-order valence-electron chi connectivity index (χ3n) is 2.42. The van der Waals surface area contributed by atoms with Gasteiger partial charge in [-0.2, -0.15) is 0 Å². The van der Waals surface area contributed by atoms with Gasteiger partial charge in [0.25, 0.3) is 0 Å². The quantitative estimate of drug-likeness (QED) is 0.803. The van der Waals surface area contributed by atoms with E-state index < -0.39 is 0 Å². The van der Waals surface area contributed by atoms with Gasteiger partial charge in [-0.3, -0.25) is 0 Å². The van der Waals surface area contributed by atoms with Gasteiger partial charge in [0, 0.05) is 13.5 Å². The normalized spacial score (nSPS) is 10.8. The number of unbranched alkanes of at least 4 members (excludes halogenated alkanes) is 1. The standard InChI is InChI=1S/C11H16N4/c1-3-4-5-10-13-8-6-7-9(12-2)14-11(8)15-10/h6-7H,3-5H2,1-2H3,(H2,12,13,14,15). The van der Waals surface area contributed by atoms with Crippen LogP contribution in [0.1, 0.15) is 25.6 Å². The number of fused-ring (bicyclic) bond motifs is 1. The number of nitrogens with zero attached hydrogens (tertiary/aromatic N) is 2. The number of rotatable bonds is 4. The van der Waals surface area contributed by atoms with Crippen LogP contribution in [-0.4, -0.2) is 22.0 Å². The summed E-state index contributed by atoms with van der Waals surface area (Å²) in [6.45, 7) is 2.18. The molecule has 4 heteroatoms. The molecule has 0 bridgehead atoms. The number of nitrogens with one attached hydrogen (secondary N) is 2. The van der Waals surface area contributed by atoms with E-state index in [1.807, 2.05) is 19.2 Å². The first-order valence-corrected chi connectivity index (χ1v) is 5.37. The topological polar surface area (TPSA) is 53.6 Å². The third-order valence-corrected chi connectivity index (χ3v) is 2.42. The van der Waals surface area contributed by atoms with Crippen molar-refractivity contribution in [3.63, 3.8) is 0 Å². The number of pyridine rings is 1. The number of aromatic nitrogens is 3. The van der Waals surface area contributed by atoms with E-state index in [4.69, 9.17) is 0 Å². The Hall–Kier alpha value is -1.58. The number of hydrogen-bond donors (Lipinski definition) is 2. The van der Waals surface area contributed by atoms with E-state index in [2.05, 4.69) is 27.2 Å². The largest absolute Gasteiger partial charge is 0.373 e. The van der Waals surface area contributed by atoms with Gasteiger partial charge in [-0.25, -0.2) is 9.97 Å². The van der Waals surface area contributed by atoms with Crippen LogP contribution in [0.4, 0.5) is 5.82 Å². The zero-order valence-electron chi connectivity index (χ0n) is 9.17. The van der Waals surface area contributed by atoms with Crippen molar-refractivity contribution >= 4 is 17.0 Å². The van der Waals surface area contributed by atoms with Crippen molar-refractivity contribution in [1.29, 1.82) is 0 Å². The van der Waals surface area contributed by atoms with Crippen LogP contribution in [0.2, 0.25) is 0 Å². The number of anilines is 1. The van der Waals surface area contributed by atoms with Crippen LogP contribution in [0.25, 0.3) is 11.2 Å². The molecule has 0 aliphatic rings. The highest BCUT2D eigenvalue weighted by molar-refractivity contribution is 5.72. The van der Waals surface area contributed by atoms with Crippen LogP contribution in [0.15, 0.2) is 12.1 Å². The van der Waals surface area contributed by atoms with Gasteiger partial charge >= 0.3 is 0 Å². The molecule has 2 aromatic heterocycles. The maximum Gasteiger partial charge on any atom is 0.179 e. The Bertz CT molecular complexity index is 447. The average Bonchev–Trinajstić information content (AvgIpc) is 2.67. The van der Waals surface area contributed by atoms with Gasteiger partial charge in [-0.1, -0.05) is 13.3 Å². The minimum Gasteiger partial charge on any atom is -0.373 e. The number of hydrogen-bond acceptors (Lipinski definition) is 3. The van der Waals surface area contributed by atoms with Gasteiger partial charge < -0.3 is 10.3 Å². The van der Waals surface area contributed by atoms with E-state index >= 15 is 0 Å². The molecule has 0 unspecified atom stereocenters. The van der Waals surface area contributed by atoms with Crippen LogP contribution in [-0.2, 0) is 6.42 Å². The number of imidazole rings is 1. The Morgan fingerprint density at radius 2 is 2.20 bits per heavy atom. The van der Waals surface area contributed by atoms with Crippen molar-refractivity contribution < 1.29 is 0 Å². The minimum absolute atomic E-state index is 0.799. The minimum atomic E-state index is 0.799. The molecule has 0 aromatic carbocycles. The fourth-order valence-electron chi connectivity index (χ4n) is 1.54. The molecular formula is C11H16N4. The van der Waals surface area contributed by atoms with E-state index in [1.54, 1.807) is 0 Å². The zero-order valence-corrected chi connectivity index (χ0v) is 9.17. The molecule has 80 valence electrons. The molecule has 0 spiro atoms. The lowest BCUT2D eigenvalue weighted by atomic mass is 10.2. The monoisotopic (exact) mass is 204 g/mol. The second-order valence-corrected chi connectivity index (χ2v) is 3.60. The molecule has 2 heterocycles. The van der Waals surface area contributed by atoms with E-state index in [9.17, 15) is 0 Å². The molecule has 0 aliphatic heterocycles. The summed E-state index contributed by atoms with van der Waals surface area (Å²) in [7, 11) is 1.86. The molecule has 2 N–H and O–H groups in total. The third kappa shape index (κ3) is 2.09. The number of aryl methyl sites for hydroxylation is 1. The van der Waals surface area contributed by atoms with Gasteiger partial charge in [0.05, 0.1) is 5.52 Å². The summed E-state index contributed by atoms with van der Waals surface area (Å²) in [6.07, 6.45) is 3.35. The summed E-state index contributed by atoms with van der Waals surface area (Å²) in [4.78, 5) is 12.1. The second kappa shape index (κ2) is 4.29. The summed E-state index contributed by atoms with van der Waals surface area (Å²) in [5.41, 5.74) is 1.81. The molecular weight excluding hydrogens is 188 g/mol. The highest BCUT2D eigenvalue weighted by atomic mass is 15.0. The first-order valence-electron chi connectivity index (χ1n) is 5.37. The molecule has 2 rings (SSSR count). The van der Waals surface area contributed by atoms with Crippen molar-refractivity contribution in [3.8, 4) is 0 Å². The number of aromatic amines is 1. The molecule has 2 aromatic rings.